The fourth-order valence-electron chi connectivity index (χ4n) is 1.79. The highest BCUT2D eigenvalue weighted by Crippen LogP contribution is 2.17. The van der Waals surface area contributed by atoms with Gasteiger partial charge in [-0.1, -0.05) is 0 Å². The first-order chi connectivity index (χ1) is 8.66. The maximum absolute atomic E-state index is 11.9. The second kappa shape index (κ2) is 5.55. The molecule has 0 saturated carbocycles. The molecule has 1 aromatic carbocycles. The number of hydrogen-bond acceptors (Lipinski definition) is 4. The van der Waals surface area contributed by atoms with Crippen LogP contribution in [0.1, 0.15) is 5.56 Å². The number of nitrogen functional groups attached to an aromatic ring is 2. The molecule has 0 aliphatic carbocycles. The van der Waals surface area contributed by atoms with Crippen molar-refractivity contribution < 1.29 is 9.53 Å². The summed E-state index contributed by atoms with van der Waals surface area (Å²) in [5.74, 6) is -0.0277. The van der Waals surface area contributed by atoms with Crippen LogP contribution in [0.25, 0.3) is 6.08 Å². The number of carbonyl (C=O) groups excluding carboxylic acids is 1. The zero-order valence-electron chi connectivity index (χ0n) is 10.1. The van der Waals surface area contributed by atoms with Crippen molar-refractivity contribution in [2.24, 2.45) is 0 Å². The first kappa shape index (κ1) is 12.4. The summed E-state index contributed by atoms with van der Waals surface area (Å²) in [5.41, 5.74) is 13.5. The Morgan fingerprint density at radius 1 is 1.28 bits per heavy atom. The average molecular weight is 247 g/mol. The molecule has 1 heterocycles. The van der Waals surface area contributed by atoms with Crippen LogP contribution in [-0.4, -0.2) is 37.1 Å². The molecule has 0 unspecified atom stereocenters. The molecule has 5 nitrogen and oxygen atoms in total. The first-order valence-corrected chi connectivity index (χ1v) is 5.86. The van der Waals surface area contributed by atoms with E-state index in [1.807, 2.05) is 0 Å². The molecule has 1 fully saturated rings. The number of nitrogens with zero attached hydrogens (tertiary/aromatic N) is 1. The van der Waals surface area contributed by atoms with Crippen LogP contribution in [0.2, 0.25) is 0 Å². The third kappa shape index (κ3) is 3.01. The first-order valence-electron chi connectivity index (χ1n) is 5.86. The van der Waals surface area contributed by atoms with Crippen molar-refractivity contribution in [1.29, 1.82) is 0 Å². The summed E-state index contributed by atoms with van der Waals surface area (Å²) in [5, 5.41) is 0. The quantitative estimate of drug-likeness (QED) is 0.596. The van der Waals surface area contributed by atoms with E-state index >= 15 is 0 Å². The zero-order valence-corrected chi connectivity index (χ0v) is 10.1. The summed E-state index contributed by atoms with van der Waals surface area (Å²) in [6.45, 7) is 2.46. The van der Waals surface area contributed by atoms with Crippen LogP contribution >= 0.6 is 0 Å². The lowest BCUT2D eigenvalue weighted by Crippen LogP contribution is -2.39. The summed E-state index contributed by atoms with van der Waals surface area (Å²) >= 11 is 0. The van der Waals surface area contributed by atoms with Crippen molar-refractivity contribution >= 4 is 23.4 Å². The Kier molecular flexibility index (Phi) is 3.84. The zero-order chi connectivity index (χ0) is 13.0. The molecule has 1 saturated heterocycles. The van der Waals surface area contributed by atoms with Gasteiger partial charge in [-0.3, -0.25) is 4.79 Å². The van der Waals surface area contributed by atoms with Gasteiger partial charge in [0.25, 0.3) is 0 Å². The summed E-state index contributed by atoms with van der Waals surface area (Å²) in [6, 6.07) is 5.21. The molecule has 0 atom stereocenters. The minimum absolute atomic E-state index is 0.0277. The lowest BCUT2D eigenvalue weighted by atomic mass is 10.1. The van der Waals surface area contributed by atoms with Gasteiger partial charge in [0.2, 0.25) is 5.91 Å². The topological polar surface area (TPSA) is 81.6 Å². The number of rotatable bonds is 2. The second-order valence-electron chi connectivity index (χ2n) is 4.16. The number of ether oxygens (including phenoxy) is 1. The van der Waals surface area contributed by atoms with E-state index in [1.54, 1.807) is 29.2 Å². The number of benzene rings is 1. The smallest absolute Gasteiger partial charge is 0.246 e. The fourth-order valence-corrected chi connectivity index (χ4v) is 1.79. The molecule has 1 aliphatic rings. The molecule has 1 amide bonds. The van der Waals surface area contributed by atoms with Crippen LogP contribution in [0, 0.1) is 0 Å². The minimum atomic E-state index is -0.0277. The van der Waals surface area contributed by atoms with Crippen LogP contribution in [0.5, 0.6) is 0 Å². The molecule has 0 aromatic heterocycles. The highest BCUT2D eigenvalue weighted by atomic mass is 16.5. The van der Waals surface area contributed by atoms with Crippen molar-refractivity contribution in [3.05, 3.63) is 29.8 Å². The van der Waals surface area contributed by atoms with Crippen LogP contribution in [0.4, 0.5) is 11.4 Å². The number of amides is 1. The molecular formula is C13H17N3O2. The van der Waals surface area contributed by atoms with Gasteiger partial charge < -0.3 is 21.1 Å². The summed E-state index contributed by atoms with van der Waals surface area (Å²) < 4.78 is 5.19. The molecule has 1 aromatic rings. The molecule has 1 aliphatic heterocycles. The van der Waals surface area contributed by atoms with Crippen LogP contribution < -0.4 is 11.5 Å². The average Bonchev–Trinajstić information content (AvgIpc) is 2.40. The fraction of sp³-hybridized carbons (Fsp3) is 0.308. The SMILES string of the molecule is Nc1ccc(N)c(C=CC(=O)N2CCOCC2)c1. The van der Waals surface area contributed by atoms with Crippen LogP contribution in [-0.2, 0) is 9.53 Å². The molecule has 0 bridgehead atoms. The van der Waals surface area contributed by atoms with E-state index in [4.69, 9.17) is 16.2 Å². The van der Waals surface area contributed by atoms with Gasteiger partial charge in [-0.2, -0.15) is 0 Å². The second-order valence-corrected chi connectivity index (χ2v) is 4.16. The van der Waals surface area contributed by atoms with E-state index in [-0.39, 0.29) is 5.91 Å². The molecule has 4 N–H and O–H groups in total. The summed E-state index contributed by atoms with van der Waals surface area (Å²) in [6.07, 6.45) is 3.22. The largest absolute Gasteiger partial charge is 0.399 e. The number of morpholine rings is 1. The van der Waals surface area contributed by atoms with Crippen LogP contribution in [0.3, 0.4) is 0 Å². The van der Waals surface area contributed by atoms with Gasteiger partial charge in [-0.15, -0.1) is 0 Å². The Balaban J connectivity index is 2.05. The Hall–Kier alpha value is -2.01. The van der Waals surface area contributed by atoms with E-state index in [1.165, 1.54) is 6.08 Å². The standard InChI is InChI=1S/C13H17N3O2/c14-11-2-3-12(15)10(9-11)1-4-13(17)16-5-7-18-8-6-16/h1-4,9H,5-8,14-15H2. The minimum Gasteiger partial charge on any atom is -0.399 e. The van der Waals surface area contributed by atoms with Crippen molar-refractivity contribution in [3.63, 3.8) is 0 Å². The van der Waals surface area contributed by atoms with Gasteiger partial charge in [0.15, 0.2) is 0 Å². The number of nitrogens with two attached hydrogens (primary N) is 2. The third-order valence-electron chi connectivity index (χ3n) is 2.84. The van der Waals surface area contributed by atoms with E-state index in [9.17, 15) is 4.79 Å². The number of anilines is 2. The highest BCUT2D eigenvalue weighted by Gasteiger charge is 2.13. The summed E-state index contributed by atoms with van der Waals surface area (Å²) in [7, 11) is 0. The van der Waals surface area contributed by atoms with Crippen molar-refractivity contribution in [3.8, 4) is 0 Å². The van der Waals surface area contributed by atoms with Crippen LogP contribution in [0.15, 0.2) is 24.3 Å². The lowest BCUT2D eigenvalue weighted by molar-refractivity contribution is -0.129. The van der Waals surface area contributed by atoms with Gasteiger partial charge in [-0.05, 0) is 29.8 Å². The molecule has 2 rings (SSSR count). The molecule has 5 heteroatoms. The van der Waals surface area contributed by atoms with E-state index in [0.717, 1.165) is 5.56 Å². The highest BCUT2D eigenvalue weighted by molar-refractivity contribution is 5.92. The van der Waals surface area contributed by atoms with Crippen molar-refractivity contribution in [2.45, 2.75) is 0 Å². The van der Waals surface area contributed by atoms with Crippen molar-refractivity contribution in [2.75, 3.05) is 37.8 Å². The number of hydrogen-bond donors (Lipinski definition) is 2. The third-order valence-corrected chi connectivity index (χ3v) is 2.84. The molecular weight excluding hydrogens is 230 g/mol. The Labute approximate surface area is 106 Å². The lowest BCUT2D eigenvalue weighted by Gasteiger charge is -2.25. The van der Waals surface area contributed by atoms with Gasteiger partial charge in [0.05, 0.1) is 13.2 Å². The normalized spacial score (nSPS) is 16.1. The van der Waals surface area contributed by atoms with Gasteiger partial charge >= 0.3 is 0 Å². The van der Waals surface area contributed by atoms with E-state index < -0.39 is 0 Å². The van der Waals surface area contributed by atoms with Gasteiger partial charge in [0.1, 0.15) is 0 Å². The predicted octanol–water partition coefficient (Wildman–Crippen LogP) is 0.723. The Bertz CT molecular complexity index is 465. The molecule has 18 heavy (non-hydrogen) atoms. The monoisotopic (exact) mass is 247 g/mol. The molecule has 0 spiro atoms. The maximum atomic E-state index is 11.9. The van der Waals surface area contributed by atoms with E-state index in [0.29, 0.717) is 37.7 Å². The summed E-state index contributed by atoms with van der Waals surface area (Å²) in [4.78, 5) is 13.6. The Morgan fingerprint density at radius 2 is 2.00 bits per heavy atom. The Morgan fingerprint density at radius 3 is 2.72 bits per heavy atom. The van der Waals surface area contributed by atoms with Gasteiger partial charge in [0, 0.05) is 30.5 Å². The van der Waals surface area contributed by atoms with Crippen molar-refractivity contribution in [1.82, 2.24) is 4.90 Å². The predicted molar refractivity (Wildman–Crippen MR) is 71.7 cm³/mol. The maximum Gasteiger partial charge on any atom is 0.246 e. The molecule has 0 radical (unpaired) electrons. The van der Waals surface area contributed by atoms with Gasteiger partial charge in [-0.25, -0.2) is 0 Å². The van der Waals surface area contributed by atoms with E-state index in [2.05, 4.69) is 0 Å². The number of carbonyl (C=O) groups is 1. The molecule has 96 valence electrons.